The number of para-hydroxylation sites is 1. The van der Waals surface area contributed by atoms with Crippen LogP contribution in [0.2, 0.25) is 0 Å². The monoisotopic (exact) mass is 634 g/mol. The highest BCUT2D eigenvalue weighted by Crippen LogP contribution is 2.42. The van der Waals surface area contributed by atoms with E-state index in [2.05, 4.69) is 15.6 Å². The van der Waals surface area contributed by atoms with Crippen molar-refractivity contribution in [1.29, 1.82) is 0 Å². The molecule has 1 aromatic heterocycles. The van der Waals surface area contributed by atoms with E-state index in [9.17, 15) is 38.6 Å². The van der Waals surface area contributed by atoms with Crippen LogP contribution in [0.25, 0.3) is 21.7 Å². The van der Waals surface area contributed by atoms with Gasteiger partial charge in [-0.2, -0.15) is 0 Å². The number of carbonyl (C=O) groups excluding carboxylic acids is 3. The van der Waals surface area contributed by atoms with Crippen molar-refractivity contribution in [2.45, 2.75) is 51.0 Å². The number of hydrogen-bond acceptors (Lipinski definition) is 6. The van der Waals surface area contributed by atoms with Gasteiger partial charge in [-0.1, -0.05) is 56.3 Å². The molecule has 2 heterocycles. The van der Waals surface area contributed by atoms with Gasteiger partial charge in [-0.25, -0.2) is 4.79 Å². The number of aromatic amines is 1. The number of amides is 3. The summed E-state index contributed by atoms with van der Waals surface area (Å²) in [6, 6.07) is 15.1. The van der Waals surface area contributed by atoms with Crippen molar-refractivity contribution < 1.29 is 38.6 Å². The minimum absolute atomic E-state index is 0.0190. The maximum absolute atomic E-state index is 13.5. The Bertz CT molecular complexity index is 1780. The Balaban J connectivity index is 1.33. The average molecular weight is 635 g/mol. The zero-order chi connectivity index (χ0) is 32.5. The second kappa shape index (κ2) is 12.9. The van der Waals surface area contributed by atoms with Crippen molar-refractivity contribution in [3.63, 3.8) is 0 Å². The SMILES string of the molecule is CC(C)C[C@H](NC(CCN1C(=O)c2cccc3cccc(c23)C1=O)P(=O)(O)O)C(=O)N[C@@H](Cc1c[nH]c2ccccc12)C(=O)O. The molecule has 0 saturated heterocycles. The van der Waals surface area contributed by atoms with Crippen LogP contribution in [0.3, 0.4) is 0 Å². The van der Waals surface area contributed by atoms with E-state index in [1.807, 2.05) is 38.1 Å². The van der Waals surface area contributed by atoms with E-state index < -0.39 is 49.2 Å². The number of nitrogens with zero attached hydrogens (tertiary/aromatic N) is 1. The lowest BCUT2D eigenvalue weighted by Gasteiger charge is -2.31. The number of aromatic nitrogens is 1. The molecule has 0 aliphatic carbocycles. The third-order valence-electron chi connectivity index (χ3n) is 8.02. The van der Waals surface area contributed by atoms with E-state index in [4.69, 9.17) is 0 Å². The zero-order valence-electron chi connectivity index (χ0n) is 24.8. The molecule has 5 rings (SSSR count). The lowest BCUT2D eigenvalue weighted by atomic mass is 9.94. The first-order chi connectivity index (χ1) is 21.3. The van der Waals surface area contributed by atoms with E-state index in [1.54, 1.807) is 42.6 Å². The number of benzene rings is 3. The number of carboxylic acid groups (broad SMARTS) is 1. The van der Waals surface area contributed by atoms with E-state index in [0.717, 1.165) is 21.2 Å². The van der Waals surface area contributed by atoms with E-state index in [1.165, 1.54) is 0 Å². The van der Waals surface area contributed by atoms with Crippen molar-refractivity contribution in [3.8, 4) is 0 Å². The highest BCUT2D eigenvalue weighted by atomic mass is 31.2. The van der Waals surface area contributed by atoms with Gasteiger partial charge in [0.05, 0.1) is 6.04 Å². The van der Waals surface area contributed by atoms with Crippen LogP contribution in [-0.2, 0) is 20.6 Å². The molecule has 3 amide bonds. The molecule has 12 nitrogen and oxygen atoms in total. The molecule has 1 aliphatic heterocycles. The molecule has 6 N–H and O–H groups in total. The van der Waals surface area contributed by atoms with Crippen LogP contribution < -0.4 is 10.6 Å². The lowest BCUT2D eigenvalue weighted by molar-refractivity contribution is -0.142. The number of carboxylic acids is 1. The molecule has 0 saturated carbocycles. The van der Waals surface area contributed by atoms with Gasteiger partial charge in [-0.05, 0) is 47.9 Å². The van der Waals surface area contributed by atoms with Crippen LogP contribution in [0, 0.1) is 5.92 Å². The topological polar surface area (TPSA) is 189 Å². The van der Waals surface area contributed by atoms with E-state index >= 15 is 0 Å². The lowest BCUT2D eigenvalue weighted by Crippen LogP contribution is -2.54. The number of nitrogens with one attached hydrogen (secondary N) is 3. The third-order valence-corrected chi connectivity index (χ3v) is 9.24. The fourth-order valence-electron chi connectivity index (χ4n) is 5.83. The first-order valence-corrected chi connectivity index (χ1v) is 16.3. The first-order valence-electron chi connectivity index (χ1n) is 14.6. The Labute approximate surface area is 259 Å². The predicted octanol–water partition coefficient (Wildman–Crippen LogP) is 3.63. The van der Waals surface area contributed by atoms with E-state index in [0.29, 0.717) is 22.1 Å². The molecule has 3 aromatic carbocycles. The number of carbonyl (C=O) groups is 4. The predicted molar refractivity (Wildman–Crippen MR) is 168 cm³/mol. The summed E-state index contributed by atoms with van der Waals surface area (Å²) in [5.41, 5.74) is 2.14. The summed E-state index contributed by atoms with van der Waals surface area (Å²) in [7, 11) is -4.92. The smallest absolute Gasteiger partial charge is 0.342 e. The molecule has 0 spiro atoms. The summed E-state index contributed by atoms with van der Waals surface area (Å²) >= 11 is 0. The normalized spacial score (nSPS) is 15.4. The van der Waals surface area contributed by atoms with Gasteiger partial charge in [-0.3, -0.25) is 29.2 Å². The van der Waals surface area contributed by atoms with Crippen LogP contribution in [0.4, 0.5) is 0 Å². The summed E-state index contributed by atoms with van der Waals surface area (Å²) in [5.74, 6) is -4.86. The minimum atomic E-state index is -4.92. The van der Waals surface area contributed by atoms with Crippen LogP contribution in [0.15, 0.2) is 66.9 Å². The van der Waals surface area contributed by atoms with Crippen molar-refractivity contribution in [1.82, 2.24) is 20.5 Å². The van der Waals surface area contributed by atoms with Gasteiger partial charge < -0.3 is 25.2 Å². The van der Waals surface area contributed by atoms with Gasteiger partial charge in [0.25, 0.3) is 11.8 Å². The van der Waals surface area contributed by atoms with Crippen LogP contribution >= 0.6 is 7.60 Å². The highest BCUT2D eigenvalue weighted by Gasteiger charge is 2.38. The summed E-state index contributed by atoms with van der Waals surface area (Å²) < 4.78 is 12.6. The maximum atomic E-state index is 13.5. The number of fused-ring (bicyclic) bond motifs is 1. The maximum Gasteiger partial charge on any atom is 0.342 e. The molecule has 0 fully saturated rings. The molecule has 4 aromatic rings. The number of imide groups is 1. The molecule has 0 radical (unpaired) electrons. The molecular formula is C32H35N4O8P. The Morgan fingerprint density at radius 1 is 0.933 bits per heavy atom. The van der Waals surface area contributed by atoms with Gasteiger partial charge in [0.1, 0.15) is 11.8 Å². The van der Waals surface area contributed by atoms with Crippen molar-refractivity contribution >= 4 is 53.0 Å². The van der Waals surface area contributed by atoms with Crippen molar-refractivity contribution in [3.05, 3.63) is 83.6 Å². The number of H-pyrrole nitrogens is 1. The molecule has 3 atom stereocenters. The number of hydrogen-bond donors (Lipinski definition) is 6. The van der Waals surface area contributed by atoms with Gasteiger partial charge in [-0.15, -0.1) is 0 Å². The van der Waals surface area contributed by atoms with Gasteiger partial charge >= 0.3 is 13.6 Å². The number of rotatable bonds is 13. The fourth-order valence-corrected chi connectivity index (χ4v) is 6.66. The standard InChI is InChI=1S/C32H35N4O8P/c1-18(2)15-25(29(37)35-26(32(40)41)16-20-17-33-24-12-4-3-9-21(20)24)34-27(45(42,43)44)13-14-36-30(38)22-10-5-7-19-8-6-11-23(28(19)22)31(36)39/h3-12,17-18,25-27,33-34H,13-16H2,1-2H3,(H,35,37)(H,40,41)(H2,42,43,44)/t25-,26-,27?/m0/s1. The molecule has 1 unspecified atom stereocenters. The van der Waals surface area contributed by atoms with Crippen LogP contribution in [0.5, 0.6) is 0 Å². The first kappa shape index (κ1) is 32.1. The van der Waals surface area contributed by atoms with Crippen molar-refractivity contribution in [2.75, 3.05) is 6.54 Å². The largest absolute Gasteiger partial charge is 0.480 e. The van der Waals surface area contributed by atoms with Crippen LogP contribution in [0.1, 0.15) is 53.0 Å². The van der Waals surface area contributed by atoms with Gasteiger partial charge in [0.2, 0.25) is 5.91 Å². The molecular weight excluding hydrogens is 599 g/mol. The Hall–Kier alpha value is -4.35. The fraction of sp³-hybridized carbons (Fsp3) is 0.312. The molecule has 1 aliphatic rings. The van der Waals surface area contributed by atoms with E-state index in [-0.39, 0.29) is 31.7 Å². The molecule has 0 bridgehead atoms. The average Bonchev–Trinajstić information content (AvgIpc) is 3.40. The summed E-state index contributed by atoms with van der Waals surface area (Å²) in [6.07, 6.45) is 1.45. The zero-order valence-corrected chi connectivity index (χ0v) is 25.7. The highest BCUT2D eigenvalue weighted by molar-refractivity contribution is 7.52. The van der Waals surface area contributed by atoms with Crippen molar-refractivity contribution in [2.24, 2.45) is 5.92 Å². The summed E-state index contributed by atoms with van der Waals surface area (Å²) in [6.45, 7) is 3.32. The molecule has 236 valence electrons. The summed E-state index contributed by atoms with van der Waals surface area (Å²) in [4.78, 5) is 76.9. The van der Waals surface area contributed by atoms with Gasteiger partial charge in [0.15, 0.2) is 0 Å². The quantitative estimate of drug-likeness (QED) is 0.0943. The van der Waals surface area contributed by atoms with Crippen LogP contribution in [-0.4, -0.2) is 72.9 Å². The Morgan fingerprint density at radius 3 is 2.18 bits per heavy atom. The van der Waals surface area contributed by atoms with Gasteiger partial charge in [0, 0.05) is 46.6 Å². The molecule has 13 heteroatoms. The summed E-state index contributed by atoms with van der Waals surface area (Å²) in [5, 5.41) is 17.3. The Morgan fingerprint density at radius 2 is 1.58 bits per heavy atom. The molecule has 45 heavy (non-hydrogen) atoms. The number of aliphatic carboxylic acids is 1. The Kier molecular flexibility index (Phi) is 9.22. The second-order valence-corrected chi connectivity index (χ2v) is 13.5. The third kappa shape index (κ3) is 6.84. The second-order valence-electron chi connectivity index (χ2n) is 11.7. The minimum Gasteiger partial charge on any atom is -0.480 e.